The molecule has 2 N–H and O–H groups in total. The predicted molar refractivity (Wildman–Crippen MR) is 114 cm³/mol. The summed E-state index contributed by atoms with van der Waals surface area (Å²) >= 11 is 0. The van der Waals surface area contributed by atoms with Crippen molar-refractivity contribution >= 4 is 5.91 Å². The zero-order valence-corrected chi connectivity index (χ0v) is 17.2. The molecule has 1 aliphatic rings. The van der Waals surface area contributed by atoms with Crippen LogP contribution < -0.4 is 5.32 Å². The Morgan fingerprint density at radius 2 is 1.90 bits per heavy atom. The average molecular weight is 417 g/mol. The number of hydrogen-bond acceptors (Lipinski definition) is 6. The van der Waals surface area contributed by atoms with E-state index >= 15 is 0 Å². The van der Waals surface area contributed by atoms with Gasteiger partial charge in [0.1, 0.15) is 0 Å². The molecular weight excluding hydrogens is 394 g/mol. The molecule has 3 aromatic rings. The van der Waals surface area contributed by atoms with Crippen LogP contribution in [-0.4, -0.2) is 45.0 Å². The van der Waals surface area contributed by atoms with E-state index < -0.39 is 0 Å². The first kappa shape index (κ1) is 20.6. The summed E-state index contributed by atoms with van der Waals surface area (Å²) in [5.41, 5.74) is 2.26. The van der Waals surface area contributed by atoms with Gasteiger partial charge in [0.2, 0.25) is 5.88 Å². The van der Waals surface area contributed by atoms with Crippen LogP contribution in [0.3, 0.4) is 0 Å². The number of nitrogens with one attached hydrogen (secondary N) is 1. The van der Waals surface area contributed by atoms with Crippen molar-refractivity contribution in [3.05, 3.63) is 59.9 Å². The van der Waals surface area contributed by atoms with E-state index in [0.717, 1.165) is 31.2 Å². The van der Waals surface area contributed by atoms with Crippen molar-refractivity contribution in [2.75, 3.05) is 7.11 Å². The molecule has 0 aliphatic heterocycles. The Bertz CT molecular complexity index is 1090. The number of carbonyl (C=O) groups excluding carboxylic acids is 1. The standard InChI is InChI=1S/C23H23N5O3/c1-31-19-9-7-18(8-10-19)27-22(29)17-6-11-21(25-13-17)28-23(30)20(14-26-28)16-4-2-15(12-24)3-5-16/h2-6,11,13-14,18-19,30H,7-10H2,1H3,(H,27,29)/t18-,19+. The van der Waals surface area contributed by atoms with Crippen LogP contribution >= 0.6 is 0 Å². The van der Waals surface area contributed by atoms with Crippen molar-refractivity contribution in [3.63, 3.8) is 0 Å². The molecule has 0 bridgehead atoms. The number of amides is 1. The number of aromatic nitrogens is 3. The highest BCUT2D eigenvalue weighted by Crippen LogP contribution is 2.30. The second-order valence-electron chi connectivity index (χ2n) is 7.57. The molecule has 0 saturated heterocycles. The van der Waals surface area contributed by atoms with E-state index in [1.165, 1.54) is 17.1 Å². The molecule has 8 nitrogen and oxygen atoms in total. The van der Waals surface area contributed by atoms with Gasteiger partial charge in [0.15, 0.2) is 5.82 Å². The minimum Gasteiger partial charge on any atom is -0.493 e. The third-order valence-corrected chi connectivity index (χ3v) is 5.64. The molecular formula is C23H23N5O3. The third kappa shape index (κ3) is 4.42. The highest BCUT2D eigenvalue weighted by atomic mass is 16.5. The summed E-state index contributed by atoms with van der Waals surface area (Å²) in [7, 11) is 1.72. The van der Waals surface area contributed by atoms with Crippen molar-refractivity contribution in [1.29, 1.82) is 5.26 Å². The van der Waals surface area contributed by atoms with Crippen LogP contribution in [0.2, 0.25) is 0 Å². The van der Waals surface area contributed by atoms with Crippen LogP contribution in [0.5, 0.6) is 5.88 Å². The van der Waals surface area contributed by atoms with Gasteiger partial charge in [0.25, 0.3) is 5.91 Å². The Morgan fingerprint density at radius 3 is 2.52 bits per heavy atom. The van der Waals surface area contributed by atoms with E-state index in [2.05, 4.69) is 21.5 Å². The summed E-state index contributed by atoms with van der Waals surface area (Å²) in [5, 5.41) is 26.8. The molecule has 8 heteroatoms. The molecule has 0 atom stereocenters. The van der Waals surface area contributed by atoms with Gasteiger partial charge < -0.3 is 15.2 Å². The van der Waals surface area contributed by atoms with Gasteiger partial charge in [-0.05, 0) is 55.5 Å². The molecule has 0 radical (unpaired) electrons. The Labute approximate surface area is 180 Å². The first-order chi connectivity index (χ1) is 15.1. The maximum atomic E-state index is 12.5. The van der Waals surface area contributed by atoms with Crippen LogP contribution in [0.25, 0.3) is 16.9 Å². The second kappa shape index (κ2) is 8.98. The lowest BCUT2D eigenvalue weighted by Gasteiger charge is -2.28. The van der Waals surface area contributed by atoms with Crippen LogP contribution in [0.1, 0.15) is 41.6 Å². The lowest BCUT2D eigenvalue weighted by atomic mass is 9.93. The van der Waals surface area contributed by atoms with Crippen LogP contribution in [0.15, 0.2) is 48.8 Å². The number of methoxy groups -OCH3 is 1. The van der Waals surface area contributed by atoms with Gasteiger partial charge in [-0.1, -0.05) is 12.1 Å². The van der Waals surface area contributed by atoms with E-state index in [9.17, 15) is 9.90 Å². The Morgan fingerprint density at radius 1 is 1.16 bits per heavy atom. The summed E-state index contributed by atoms with van der Waals surface area (Å²) in [6.07, 6.45) is 6.98. The summed E-state index contributed by atoms with van der Waals surface area (Å²) < 4.78 is 6.68. The van der Waals surface area contributed by atoms with E-state index in [0.29, 0.717) is 22.5 Å². The topological polar surface area (TPSA) is 113 Å². The summed E-state index contributed by atoms with van der Waals surface area (Å²) in [6.45, 7) is 0. The monoisotopic (exact) mass is 417 g/mol. The zero-order chi connectivity index (χ0) is 21.8. The first-order valence-electron chi connectivity index (χ1n) is 10.2. The molecule has 2 heterocycles. The third-order valence-electron chi connectivity index (χ3n) is 5.64. The molecule has 158 valence electrons. The number of nitriles is 1. The van der Waals surface area contributed by atoms with Gasteiger partial charge in [-0.25, -0.2) is 4.98 Å². The number of ether oxygens (including phenoxy) is 1. The van der Waals surface area contributed by atoms with Crippen molar-refractivity contribution in [2.45, 2.75) is 37.8 Å². The maximum Gasteiger partial charge on any atom is 0.253 e. The molecule has 4 rings (SSSR count). The zero-order valence-electron chi connectivity index (χ0n) is 17.2. The number of rotatable bonds is 5. The Hall–Kier alpha value is -3.70. The SMILES string of the molecule is CO[C@H]1CC[C@@H](NC(=O)c2ccc(-n3ncc(-c4ccc(C#N)cc4)c3O)nc2)CC1. The molecule has 2 aromatic heterocycles. The van der Waals surface area contributed by atoms with Crippen molar-refractivity contribution in [3.8, 4) is 28.9 Å². The van der Waals surface area contributed by atoms with Gasteiger partial charge in [0.05, 0.1) is 35.1 Å². The van der Waals surface area contributed by atoms with E-state index in [4.69, 9.17) is 10.00 Å². The summed E-state index contributed by atoms with van der Waals surface area (Å²) in [5.74, 6) is 0.168. The van der Waals surface area contributed by atoms with Crippen molar-refractivity contribution < 1.29 is 14.6 Å². The van der Waals surface area contributed by atoms with E-state index in [1.54, 1.807) is 43.5 Å². The van der Waals surface area contributed by atoms with Crippen LogP contribution in [0, 0.1) is 11.3 Å². The molecule has 1 saturated carbocycles. The fourth-order valence-corrected chi connectivity index (χ4v) is 3.79. The van der Waals surface area contributed by atoms with E-state index in [1.807, 2.05) is 0 Å². The number of nitrogens with zero attached hydrogens (tertiary/aromatic N) is 4. The van der Waals surface area contributed by atoms with Crippen LogP contribution in [0.4, 0.5) is 0 Å². The molecule has 1 amide bonds. The number of pyridine rings is 1. The van der Waals surface area contributed by atoms with Gasteiger partial charge in [-0.2, -0.15) is 15.0 Å². The maximum absolute atomic E-state index is 12.5. The number of carbonyl (C=O) groups is 1. The highest BCUT2D eigenvalue weighted by Gasteiger charge is 2.22. The smallest absolute Gasteiger partial charge is 0.253 e. The van der Waals surface area contributed by atoms with Gasteiger partial charge in [0, 0.05) is 19.3 Å². The molecule has 0 unspecified atom stereocenters. The van der Waals surface area contributed by atoms with Gasteiger partial charge >= 0.3 is 0 Å². The highest BCUT2D eigenvalue weighted by molar-refractivity contribution is 5.94. The number of hydrogen-bond donors (Lipinski definition) is 2. The van der Waals surface area contributed by atoms with Crippen LogP contribution in [-0.2, 0) is 4.74 Å². The molecule has 31 heavy (non-hydrogen) atoms. The lowest BCUT2D eigenvalue weighted by molar-refractivity contribution is 0.0599. The Balaban J connectivity index is 1.45. The molecule has 1 fully saturated rings. The summed E-state index contributed by atoms with van der Waals surface area (Å²) in [4.78, 5) is 16.8. The van der Waals surface area contributed by atoms with Crippen molar-refractivity contribution in [2.24, 2.45) is 0 Å². The van der Waals surface area contributed by atoms with Gasteiger partial charge in [-0.3, -0.25) is 4.79 Å². The predicted octanol–water partition coefficient (Wildman–Crippen LogP) is 3.20. The normalized spacial score (nSPS) is 18.3. The van der Waals surface area contributed by atoms with Gasteiger partial charge in [-0.15, -0.1) is 0 Å². The lowest BCUT2D eigenvalue weighted by Crippen LogP contribution is -2.38. The number of aromatic hydroxyl groups is 1. The molecule has 1 aromatic carbocycles. The summed E-state index contributed by atoms with van der Waals surface area (Å²) in [6, 6.07) is 12.4. The molecule has 1 aliphatic carbocycles. The fraction of sp³-hybridized carbons (Fsp3) is 0.304. The minimum absolute atomic E-state index is 0.0655. The largest absolute Gasteiger partial charge is 0.493 e. The fourth-order valence-electron chi connectivity index (χ4n) is 3.79. The second-order valence-corrected chi connectivity index (χ2v) is 7.57. The Kier molecular flexibility index (Phi) is 5.96. The minimum atomic E-state index is -0.164. The van der Waals surface area contributed by atoms with E-state index in [-0.39, 0.29) is 23.9 Å². The molecule has 0 spiro atoms. The number of benzene rings is 1. The van der Waals surface area contributed by atoms with Crippen molar-refractivity contribution in [1.82, 2.24) is 20.1 Å². The quantitative estimate of drug-likeness (QED) is 0.659. The first-order valence-corrected chi connectivity index (χ1v) is 10.2. The average Bonchev–Trinajstić information content (AvgIpc) is 3.21.